The lowest BCUT2D eigenvalue weighted by Gasteiger charge is -2.13. The molecule has 0 aliphatic heterocycles. The molecule has 0 radical (unpaired) electrons. The maximum atomic E-state index is 11.4. The summed E-state index contributed by atoms with van der Waals surface area (Å²) in [4.78, 5) is 17.4. The number of hydrogen-bond acceptors (Lipinski definition) is 3. The van der Waals surface area contributed by atoms with Gasteiger partial charge in [-0.05, 0) is 24.6 Å². The number of carbonyl (C=O) groups excluding carboxylic acids is 1. The van der Waals surface area contributed by atoms with Crippen LogP contribution in [0.3, 0.4) is 0 Å². The fourth-order valence-electron chi connectivity index (χ4n) is 2.18. The van der Waals surface area contributed by atoms with Gasteiger partial charge >= 0.3 is 6.03 Å². The van der Waals surface area contributed by atoms with E-state index in [0.717, 1.165) is 24.3 Å². The van der Waals surface area contributed by atoms with E-state index >= 15 is 0 Å². The molecule has 0 aliphatic rings. The normalized spacial score (nSPS) is 10.6. The minimum atomic E-state index is -0.0676. The van der Waals surface area contributed by atoms with E-state index in [0.29, 0.717) is 6.54 Å². The van der Waals surface area contributed by atoms with Crippen LogP contribution in [0, 0.1) is 6.92 Å². The third kappa shape index (κ3) is 4.16. The Morgan fingerprint density at radius 2 is 2.00 bits per heavy atom. The highest BCUT2D eigenvalue weighted by molar-refractivity contribution is 5.82. The van der Waals surface area contributed by atoms with E-state index in [2.05, 4.69) is 27.8 Å². The molecule has 0 saturated heterocycles. The van der Waals surface area contributed by atoms with Gasteiger partial charge in [-0.2, -0.15) is 0 Å². The van der Waals surface area contributed by atoms with Crippen molar-refractivity contribution >= 4 is 16.9 Å². The topological polar surface area (TPSA) is 57.3 Å². The molecular weight excluding hydrogens is 264 g/mol. The van der Waals surface area contributed by atoms with Gasteiger partial charge in [0.2, 0.25) is 0 Å². The summed E-state index contributed by atoms with van der Waals surface area (Å²) in [7, 11) is 3.46. The summed E-state index contributed by atoms with van der Waals surface area (Å²) < 4.78 is 0. The van der Waals surface area contributed by atoms with Crippen molar-refractivity contribution in [3.8, 4) is 0 Å². The number of nitrogens with zero attached hydrogens (tertiary/aromatic N) is 2. The summed E-state index contributed by atoms with van der Waals surface area (Å²) in [6, 6.07) is 10.2. The van der Waals surface area contributed by atoms with Gasteiger partial charge in [0.1, 0.15) is 0 Å². The Bertz CT molecular complexity index is 625. The Kier molecular flexibility index (Phi) is 5.11. The first kappa shape index (κ1) is 15.3. The quantitative estimate of drug-likeness (QED) is 0.825. The van der Waals surface area contributed by atoms with Gasteiger partial charge in [-0.1, -0.05) is 18.2 Å². The number of para-hydroxylation sites is 1. The van der Waals surface area contributed by atoms with E-state index in [1.807, 2.05) is 25.1 Å². The number of aromatic nitrogens is 1. The molecule has 5 nitrogen and oxygen atoms in total. The molecule has 1 aromatic carbocycles. The van der Waals surface area contributed by atoms with Crippen LogP contribution >= 0.6 is 0 Å². The molecule has 112 valence electrons. The van der Waals surface area contributed by atoms with Gasteiger partial charge in [-0.15, -0.1) is 0 Å². The second kappa shape index (κ2) is 7.04. The third-order valence-corrected chi connectivity index (χ3v) is 3.23. The van der Waals surface area contributed by atoms with Crippen molar-refractivity contribution in [1.82, 2.24) is 20.5 Å². The first-order valence-corrected chi connectivity index (χ1v) is 7.09. The van der Waals surface area contributed by atoms with Crippen molar-refractivity contribution in [3.05, 3.63) is 41.6 Å². The monoisotopic (exact) mass is 286 g/mol. The molecule has 1 aromatic heterocycles. The maximum Gasteiger partial charge on any atom is 0.316 e. The van der Waals surface area contributed by atoms with E-state index in [1.165, 1.54) is 15.8 Å². The smallest absolute Gasteiger partial charge is 0.316 e. The molecule has 0 atom stereocenters. The molecule has 0 saturated carbocycles. The fourth-order valence-corrected chi connectivity index (χ4v) is 2.18. The van der Waals surface area contributed by atoms with Crippen molar-refractivity contribution in [1.29, 1.82) is 0 Å². The fraction of sp³-hybridized carbons (Fsp3) is 0.375. The Labute approximate surface area is 125 Å². The predicted molar refractivity (Wildman–Crippen MR) is 85.3 cm³/mol. The maximum absolute atomic E-state index is 11.4. The molecule has 0 spiro atoms. The number of fused-ring (bicyclic) bond motifs is 1. The van der Waals surface area contributed by atoms with Gasteiger partial charge in [0.25, 0.3) is 0 Å². The van der Waals surface area contributed by atoms with Gasteiger partial charge in [0, 0.05) is 44.8 Å². The van der Waals surface area contributed by atoms with Crippen LogP contribution in [0.1, 0.15) is 11.3 Å². The lowest BCUT2D eigenvalue weighted by molar-refractivity contribution is 0.217. The predicted octanol–water partition coefficient (Wildman–Crippen LogP) is 1.90. The lowest BCUT2D eigenvalue weighted by Crippen LogP contribution is -2.38. The SMILES string of the molecule is Cc1cc(CNCCNC(=O)N(C)C)c2ccccc2n1. The molecule has 0 unspecified atom stereocenters. The summed E-state index contributed by atoms with van der Waals surface area (Å²) in [6.45, 7) is 4.11. The zero-order chi connectivity index (χ0) is 15.2. The first-order chi connectivity index (χ1) is 10.1. The Hall–Kier alpha value is -2.14. The minimum Gasteiger partial charge on any atom is -0.337 e. The van der Waals surface area contributed by atoms with Crippen molar-refractivity contribution < 1.29 is 4.79 Å². The highest BCUT2D eigenvalue weighted by Crippen LogP contribution is 2.17. The molecule has 2 amide bonds. The molecule has 5 heteroatoms. The van der Waals surface area contributed by atoms with Crippen LogP contribution in [0.5, 0.6) is 0 Å². The van der Waals surface area contributed by atoms with E-state index in [1.54, 1.807) is 14.1 Å². The Morgan fingerprint density at radius 3 is 2.76 bits per heavy atom. The second-order valence-electron chi connectivity index (χ2n) is 5.24. The van der Waals surface area contributed by atoms with Gasteiger partial charge in [-0.25, -0.2) is 4.79 Å². The van der Waals surface area contributed by atoms with Crippen molar-refractivity contribution in [2.45, 2.75) is 13.5 Å². The summed E-state index contributed by atoms with van der Waals surface area (Å²) in [5.41, 5.74) is 3.28. The number of amides is 2. The van der Waals surface area contributed by atoms with Crippen LogP contribution in [0.25, 0.3) is 10.9 Å². The third-order valence-electron chi connectivity index (χ3n) is 3.23. The van der Waals surface area contributed by atoms with Gasteiger partial charge in [-0.3, -0.25) is 4.98 Å². The molecule has 1 heterocycles. The number of benzene rings is 1. The van der Waals surface area contributed by atoms with Crippen LogP contribution in [0.4, 0.5) is 4.79 Å². The molecule has 0 fully saturated rings. The Balaban J connectivity index is 1.90. The average Bonchev–Trinajstić information content (AvgIpc) is 2.46. The first-order valence-electron chi connectivity index (χ1n) is 7.09. The number of rotatable bonds is 5. The van der Waals surface area contributed by atoms with Crippen LogP contribution in [0.2, 0.25) is 0 Å². The molecular formula is C16H22N4O. The number of nitrogens with one attached hydrogen (secondary N) is 2. The average molecular weight is 286 g/mol. The van der Waals surface area contributed by atoms with E-state index < -0.39 is 0 Å². The van der Waals surface area contributed by atoms with Gasteiger partial charge in [0.05, 0.1) is 5.52 Å². The number of hydrogen-bond donors (Lipinski definition) is 2. The zero-order valence-electron chi connectivity index (χ0n) is 12.8. The number of carbonyl (C=O) groups is 1. The summed E-state index contributed by atoms with van der Waals surface area (Å²) in [5.74, 6) is 0. The van der Waals surface area contributed by atoms with Crippen LogP contribution in [-0.2, 0) is 6.54 Å². The minimum absolute atomic E-state index is 0.0676. The standard InChI is InChI=1S/C16H22N4O/c1-12-10-13(14-6-4-5-7-15(14)19-12)11-17-8-9-18-16(21)20(2)3/h4-7,10,17H,8-9,11H2,1-3H3,(H,18,21). The highest BCUT2D eigenvalue weighted by atomic mass is 16.2. The van der Waals surface area contributed by atoms with E-state index in [9.17, 15) is 4.79 Å². The molecule has 2 rings (SSSR count). The number of aryl methyl sites for hydroxylation is 1. The van der Waals surface area contributed by atoms with Crippen LogP contribution < -0.4 is 10.6 Å². The van der Waals surface area contributed by atoms with Gasteiger partial charge in [0.15, 0.2) is 0 Å². The molecule has 2 aromatic rings. The summed E-state index contributed by atoms with van der Waals surface area (Å²) in [5, 5.41) is 7.36. The van der Waals surface area contributed by atoms with E-state index in [-0.39, 0.29) is 6.03 Å². The van der Waals surface area contributed by atoms with E-state index in [4.69, 9.17) is 0 Å². The molecule has 0 aliphatic carbocycles. The lowest BCUT2D eigenvalue weighted by atomic mass is 10.1. The molecule has 0 bridgehead atoms. The van der Waals surface area contributed by atoms with Crippen LogP contribution in [0.15, 0.2) is 30.3 Å². The van der Waals surface area contributed by atoms with Crippen molar-refractivity contribution in [2.75, 3.05) is 27.2 Å². The highest BCUT2D eigenvalue weighted by Gasteiger charge is 2.04. The van der Waals surface area contributed by atoms with Gasteiger partial charge < -0.3 is 15.5 Å². The molecule has 21 heavy (non-hydrogen) atoms. The largest absolute Gasteiger partial charge is 0.337 e. The van der Waals surface area contributed by atoms with Crippen LogP contribution in [-0.4, -0.2) is 43.1 Å². The second-order valence-corrected chi connectivity index (χ2v) is 5.24. The number of urea groups is 1. The summed E-state index contributed by atoms with van der Waals surface area (Å²) >= 11 is 0. The zero-order valence-corrected chi connectivity index (χ0v) is 12.8. The number of pyridine rings is 1. The van der Waals surface area contributed by atoms with Crippen molar-refractivity contribution in [3.63, 3.8) is 0 Å². The summed E-state index contributed by atoms with van der Waals surface area (Å²) in [6.07, 6.45) is 0. The Morgan fingerprint density at radius 1 is 1.24 bits per heavy atom. The molecule has 2 N–H and O–H groups in total. The van der Waals surface area contributed by atoms with Crippen molar-refractivity contribution in [2.24, 2.45) is 0 Å².